The lowest BCUT2D eigenvalue weighted by atomic mass is 10.1. The van der Waals surface area contributed by atoms with Crippen LogP contribution in [-0.2, 0) is 19.4 Å². The van der Waals surface area contributed by atoms with Crippen molar-refractivity contribution in [3.63, 3.8) is 0 Å². The molecule has 0 saturated carbocycles. The highest BCUT2D eigenvalue weighted by atomic mass is 15.4. The number of aryl methyl sites for hydroxylation is 2. The number of benzene rings is 1. The Morgan fingerprint density at radius 3 is 2.67 bits per heavy atom. The maximum atomic E-state index is 5.75. The largest absolute Gasteiger partial charge is 0.381 e. The normalized spacial score (nSPS) is 10.7. The zero-order chi connectivity index (χ0) is 12.8. The van der Waals surface area contributed by atoms with E-state index in [9.17, 15) is 0 Å². The fraction of sp³-hybridized carbons (Fsp3) is 0.429. The molecule has 4 nitrogen and oxygen atoms in total. The molecule has 96 valence electrons. The van der Waals surface area contributed by atoms with Crippen LogP contribution < -0.4 is 5.73 Å². The van der Waals surface area contributed by atoms with Crippen molar-refractivity contribution in [3.8, 4) is 0 Å². The van der Waals surface area contributed by atoms with Crippen molar-refractivity contribution < 1.29 is 0 Å². The van der Waals surface area contributed by atoms with Crippen molar-refractivity contribution in [3.05, 3.63) is 41.6 Å². The smallest absolute Gasteiger partial charge is 0.169 e. The van der Waals surface area contributed by atoms with Crippen LogP contribution in [0.5, 0.6) is 0 Å². The lowest BCUT2D eigenvalue weighted by Gasteiger charge is -2.05. The van der Waals surface area contributed by atoms with Gasteiger partial charge in [0, 0.05) is 6.54 Å². The van der Waals surface area contributed by atoms with Crippen molar-refractivity contribution in [2.45, 2.75) is 39.2 Å². The van der Waals surface area contributed by atoms with E-state index in [2.05, 4.69) is 47.6 Å². The standard InChI is InChI=1S/C14H20N4/c1-2-13-14(15)16-17-18(13)11-7-6-10-12-8-4-3-5-9-12/h3-5,8-9H,2,6-7,10-11,15H2,1H3. The zero-order valence-corrected chi connectivity index (χ0v) is 10.8. The molecule has 0 fully saturated rings. The van der Waals surface area contributed by atoms with Crippen LogP contribution in [0, 0.1) is 0 Å². The first-order valence-electron chi connectivity index (χ1n) is 6.53. The van der Waals surface area contributed by atoms with E-state index in [0.29, 0.717) is 5.82 Å². The monoisotopic (exact) mass is 244 g/mol. The van der Waals surface area contributed by atoms with Crippen LogP contribution >= 0.6 is 0 Å². The Morgan fingerprint density at radius 2 is 1.94 bits per heavy atom. The lowest BCUT2D eigenvalue weighted by molar-refractivity contribution is 0.525. The van der Waals surface area contributed by atoms with Gasteiger partial charge in [0.15, 0.2) is 5.82 Å². The molecule has 0 radical (unpaired) electrons. The second-order valence-corrected chi connectivity index (χ2v) is 4.44. The molecule has 1 heterocycles. The minimum atomic E-state index is 0.570. The molecule has 18 heavy (non-hydrogen) atoms. The molecule has 1 aromatic carbocycles. The third-order valence-corrected chi connectivity index (χ3v) is 3.13. The van der Waals surface area contributed by atoms with Gasteiger partial charge < -0.3 is 5.73 Å². The molecule has 0 aliphatic heterocycles. The Morgan fingerprint density at radius 1 is 1.17 bits per heavy atom. The average molecular weight is 244 g/mol. The SMILES string of the molecule is CCc1c(N)nnn1CCCCc1ccccc1. The van der Waals surface area contributed by atoms with Gasteiger partial charge in [-0.15, -0.1) is 5.10 Å². The van der Waals surface area contributed by atoms with Crippen molar-refractivity contribution >= 4 is 5.82 Å². The predicted molar refractivity (Wildman–Crippen MR) is 73.2 cm³/mol. The van der Waals surface area contributed by atoms with E-state index < -0.39 is 0 Å². The summed E-state index contributed by atoms with van der Waals surface area (Å²) in [5.41, 5.74) is 8.20. The van der Waals surface area contributed by atoms with Crippen molar-refractivity contribution in [2.24, 2.45) is 0 Å². The minimum absolute atomic E-state index is 0.570. The molecule has 2 rings (SSSR count). The van der Waals surface area contributed by atoms with Gasteiger partial charge in [0.25, 0.3) is 0 Å². The number of nitrogen functional groups attached to an aromatic ring is 1. The molecular weight excluding hydrogens is 224 g/mol. The number of hydrogen-bond donors (Lipinski definition) is 1. The van der Waals surface area contributed by atoms with Gasteiger partial charge in [-0.2, -0.15) is 0 Å². The Bertz CT molecular complexity index is 476. The van der Waals surface area contributed by atoms with Crippen molar-refractivity contribution in [2.75, 3.05) is 5.73 Å². The highest BCUT2D eigenvalue weighted by molar-refractivity contribution is 5.32. The molecule has 0 saturated heterocycles. The molecule has 0 atom stereocenters. The highest BCUT2D eigenvalue weighted by Gasteiger charge is 2.06. The number of rotatable bonds is 6. The van der Waals surface area contributed by atoms with E-state index in [4.69, 9.17) is 5.73 Å². The van der Waals surface area contributed by atoms with Crippen molar-refractivity contribution in [1.29, 1.82) is 0 Å². The lowest BCUT2D eigenvalue weighted by Crippen LogP contribution is -2.06. The summed E-state index contributed by atoms with van der Waals surface area (Å²) in [5, 5.41) is 7.99. The van der Waals surface area contributed by atoms with Crippen LogP contribution in [0.15, 0.2) is 30.3 Å². The number of anilines is 1. The average Bonchev–Trinajstić information content (AvgIpc) is 2.76. The molecule has 4 heteroatoms. The fourth-order valence-corrected chi connectivity index (χ4v) is 2.12. The topological polar surface area (TPSA) is 56.7 Å². The van der Waals surface area contributed by atoms with Gasteiger partial charge in [0.2, 0.25) is 0 Å². The molecule has 2 N–H and O–H groups in total. The number of unbranched alkanes of at least 4 members (excludes halogenated alkanes) is 1. The second kappa shape index (κ2) is 6.19. The van der Waals surface area contributed by atoms with Crippen LogP contribution in [0.4, 0.5) is 5.82 Å². The van der Waals surface area contributed by atoms with Gasteiger partial charge in [0.1, 0.15) is 0 Å². The number of hydrogen-bond acceptors (Lipinski definition) is 3. The van der Waals surface area contributed by atoms with Gasteiger partial charge in [-0.05, 0) is 31.2 Å². The van der Waals surface area contributed by atoms with Gasteiger partial charge in [0.05, 0.1) is 5.69 Å². The first-order valence-corrected chi connectivity index (χ1v) is 6.53. The Labute approximate surface area is 108 Å². The summed E-state index contributed by atoms with van der Waals surface area (Å²) in [6.07, 6.45) is 4.27. The van der Waals surface area contributed by atoms with E-state index >= 15 is 0 Å². The van der Waals surface area contributed by atoms with Crippen LogP contribution in [0.2, 0.25) is 0 Å². The summed E-state index contributed by atoms with van der Waals surface area (Å²) >= 11 is 0. The Kier molecular flexibility index (Phi) is 4.34. The third-order valence-electron chi connectivity index (χ3n) is 3.13. The summed E-state index contributed by atoms with van der Waals surface area (Å²) < 4.78 is 1.93. The molecule has 2 aromatic rings. The first-order chi connectivity index (χ1) is 8.81. The molecule has 0 bridgehead atoms. The molecule has 0 unspecified atom stereocenters. The highest BCUT2D eigenvalue weighted by Crippen LogP contribution is 2.10. The van der Waals surface area contributed by atoms with Gasteiger partial charge in [-0.3, -0.25) is 0 Å². The van der Waals surface area contributed by atoms with Crippen molar-refractivity contribution in [1.82, 2.24) is 15.0 Å². The maximum Gasteiger partial charge on any atom is 0.169 e. The Balaban J connectivity index is 1.78. The molecule has 0 spiro atoms. The summed E-state index contributed by atoms with van der Waals surface area (Å²) in [6.45, 7) is 2.98. The maximum absolute atomic E-state index is 5.75. The first kappa shape index (κ1) is 12.6. The van der Waals surface area contributed by atoms with Gasteiger partial charge in [-0.25, -0.2) is 4.68 Å². The summed E-state index contributed by atoms with van der Waals surface area (Å²) in [4.78, 5) is 0. The van der Waals surface area contributed by atoms with E-state index in [0.717, 1.165) is 37.9 Å². The zero-order valence-electron chi connectivity index (χ0n) is 10.8. The van der Waals surface area contributed by atoms with E-state index in [1.165, 1.54) is 5.56 Å². The van der Waals surface area contributed by atoms with E-state index in [1.54, 1.807) is 0 Å². The van der Waals surface area contributed by atoms with Crippen LogP contribution in [0.1, 0.15) is 31.0 Å². The quantitative estimate of drug-likeness (QED) is 0.794. The number of nitrogens with zero attached hydrogens (tertiary/aromatic N) is 3. The second-order valence-electron chi connectivity index (χ2n) is 4.44. The number of nitrogens with two attached hydrogens (primary N) is 1. The third kappa shape index (κ3) is 3.09. The van der Waals surface area contributed by atoms with Gasteiger partial charge in [-0.1, -0.05) is 42.5 Å². The fourth-order valence-electron chi connectivity index (χ4n) is 2.12. The van der Waals surface area contributed by atoms with E-state index in [1.807, 2.05) is 4.68 Å². The molecule has 1 aromatic heterocycles. The van der Waals surface area contributed by atoms with Crippen LogP contribution in [-0.4, -0.2) is 15.0 Å². The molecule has 0 aliphatic carbocycles. The minimum Gasteiger partial charge on any atom is -0.381 e. The molecule has 0 aliphatic rings. The summed E-state index contributed by atoms with van der Waals surface area (Å²) in [7, 11) is 0. The summed E-state index contributed by atoms with van der Waals surface area (Å²) in [5.74, 6) is 0.570. The number of aromatic nitrogens is 3. The Hall–Kier alpha value is -1.84. The van der Waals surface area contributed by atoms with E-state index in [-0.39, 0.29) is 0 Å². The predicted octanol–water partition coefficient (Wildman–Crippen LogP) is 2.45. The van der Waals surface area contributed by atoms with Crippen LogP contribution in [0.3, 0.4) is 0 Å². The molecule has 0 amide bonds. The van der Waals surface area contributed by atoms with Gasteiger partial charge >= 0.3 is 0 Å². The van der Waals surface area contributed by atoms with Crippen LogP contribution in [0.25, 0.3) is 0 Å². The molecular formula is C14H20N4. The summed E-state index contributed by atoms with van der Waals surface area (Å²) in [6, 6.07) is 10.6.